The highest BCUT2D eigenvalue weighted by atomic mass is 32.1. The number of hydrogen-bond acceptors (Lipinski definition) is 5. The standard InChI is InChI=1S/C15H12N4S/c1-10-15(20-11(2)19-10)13-5-3-12(4-6-13)9-18-14(7-16)8-17/h3-6H,9H2,1-2H3. The highest BCUT2D eigenvalue weighted by molar-refractivity contribution is 7.15. The minimum absolute atomic E-state index is 0.0944. The van der Waals surface area contributed by atoms with Crippen LogP contribution in [0.25, 0.3) is 10.4 Å². The molecule has 0 aliphatic heterocycles. The molecule has 0 saturated carbocycles. The van der Waals surface area contributed by atoms with Gasteiger partial charge in [-0.3, -0.25) is 4.99 Å². The second-order valence-electron chi connectivity index (χ2n) is 4.23. The van der Waals surface area contributed by atoms with Crippen molar-refractivity contribution in [2.75, 3.05) is 0 Å². The van der Waals surface area contributed by atoms with Crippen LogP contribution in [0.3, 0.4) is 0 Å². The van der Waals surface area contributed by atoms with Gasteiger partial charge in [-0.15, -0.1) is 11.3 Å². The fourth-order valence-electron chi connectivity index (χ4n) is 1.83. The molecule has 2 aromatic rings. The summed E-state index contributed by atoms with van der Waals surface area (Å²) in [7, 11) is 0. The number of nitriles is 2. The Kier molecular flexibility index (Phi) is 4.24. The minimum Gasteiger partial charge on any atom is -0.260 e. The molecule has 2 rings (SSSR count). The first kappa shape index (κ1) is 13.9. The van der Waals surface area contributed by atoms with Gasteiger partial charge in [-0.1, -0.05) is 24.3 Å². The maximum absolute atomic E-state index is 8.62. The Morgan fingerprint density at radius 1 is 1.20 bits per heavy atom. The van der Waals surface area contributed by atoms with Gasteiger partial charge in [0.15, 0.2) is 0 Å². The quantitative estimate of drug-likeness (QED) is 0.809. The van der Waals surface area contributed by atoms with E-state index in [0.717, 1.165) is 21.8 Å². The van der Waals surface area contributed by atoms with Gasteiger partial charge in [0.25, 0.3) is 0 Å². The lowest BCUT2D eigenvalue weighted by atomic mass is 10.1. The lowest BCUT2D eigenvalue weighted by Gasteiger charge is -2.01. The molecule has 0 spiro atoms. The monoisotopic (exact) mass is 280 g/mol. The van der Waals surface area contributed by atoms with E-state index in [1.54, 1.807) is 23.5 Å². The molecule has 4 nitrogen and oxygen atoms in total. The van der Waals surface area contributed by atoms with Crippen LogP contribution < -0.4 is 0 Å². The fraction of sp³-hybridized carbons (Fsp3) is 0.200. The van der Waals surface area contributed by atoms with Crippen molar-refractivity contribution >= 4 is 17.0 Å². The van der Waals surface area contributed by atoms with Gasteiger partial charge in [-0.25, -0.2) is 4.98 Å². The summed E-state index contributed by atoms with van der Waals surface area (Å²) in [5.41, 5.74) is 3.04. The van der Waals surface area contributed by atoms with E-state index in [2.05, 4.69) is 9.98 Å². The van der Waals surface area contributed by atoms with E-state index >= 15 is 0 Å². The van der Waals surface area contributed by atoms with Crippen molar-refractivity contribution in [1.82, 2.24) is 4.98 Å². The number of benzene rings is 1. The van der Waals surface area contributed by atoms with Gasteiger partial charge in [0, 0.05) is 0 Å². The van der Waals surface area contributed by atoms with Crippen LogP contribution in [0.1, 0.15) is 16.3 Å². The van der Waals surface area contributed by atoms with Crippen LogP contribution >= 0.6 is 11.3 Å². The van der Waals surface area contributed by atoms with E-state index in [4.69, 9.17) is 10.5 Å². The number of hydrogen-bond donors (Lipinski definition) is 0. The summed E-state index contributed by atoms with van der Waals surface area (Å²) in [5, 5.41) is 18.3. The van der Waals surface area contributed by atoms with Gasteiger partial charge in [-0.05, 0) is 25.0 Å². The van der Waals surface area contributed by atoms with E-state index in [1.807, 2.05) is 38.1 Å². The normalized spacial score (nSPS) is 9.60. The zero-order valence-corrected chi connectivity index (χ0v) is 12.0. The molecule has 20 heavy (non-hydrogen) atoms. The molecule has 1 aromatic carbocycles. The van der Waals surface area contributed by atoms with Gasteiger partial charge in [0.05, 0.1) is 22.1 Å². The Hall–Kier alpha value is -2.50. The number of rotatable bonds is 3. The van der Waals surface area contributed by atoms with Crippen LogP contribution in [0.15, 0.2) is 29.3 Å². The lowest BCUT2D eigenvalue weighted by Crippen LogP contribution is -1.90. The first-order valence-electron chi connectivity index (χ1n) is 6.02. The predicted octanol–water partition coefficient (Wildman–Crippen LogP) is 3.42. The third-order valence-corrected chi connectivity index (χ3v) is 3.87. The van der Waals surface area contributed by atoms with Gasteiger partial charge in [0.1, 0.15) is 12.1 Å². The molecule has 0 fully saturated rings. The van der Waals surface area contributed by atoms with Crippen LogP contribution in [0.2, 0.25) is 0 Å². The molecule has 0 radical (unpaired) electrons. The summed E-state index contributed by atoms with van der Waals surface area (Å²) in [6.07, 6.45) is 0. The lowest BCUT2D eigenvalue weighted by molar-refractivity contribution is 1.07. The summed E-state index contributed by atoms with van der Waals surface area (Å²) in [6.45, 7) is 4.34. The van der Waals surface area contributed by atoms with E-state index in [-0.39, 0.29) is 5.71 Å². The van der Waals surface area contributed by atoms with Crippen molar-refractivity contribution in [2.24, 2.45) is 4.99 Å². The molecule has 1 heterocycles. The maximum Gasteiger partial charge on any atom is 0.213 e. The van der Waals surface area contributed by atoms with Crippen molar-refractivity contribution in [1.29, 1.82) is 10.5 Å². The highest BCUT2D eigenvalue weighted by Gasteiger charge is 2.07. The predicted molar refractivity (Wildman–Crippen MR) is 79.4 cm³/mol. The summed E-state index contributed by atoms with van der Waals surface area (Å²) < 4.78 is 0. The van der Waals surface area contributed by atoms with Crippen molar-refractivity contribution in [3.8, 4) is 22.6 Å². The van der Waals surface area contributed by atoms with Crippen molar-refractivity contribution in [2.45, 2.75) is 20.4 Å². The second kappa shape index (κ2) is 6.10. The first-order chi connectivity index (χ1) is 9.63. The molecule has 0 bridgehead atoms. The molecule has 0 aliphatic carbocycles. The Labute approximate surface area is 121 Å². The molecule has 1 aromatic heterocycles. The number of aromatic nitrogens is 1. The molecular formula is C15H12N4S. The zero-order valence-electron chi connectivity index (χ0n) is 11.2. The second-order valence-corrected chi connectivity index (χ2v) is 5.44. The summed E-state index contributed by atoms with van der Waals surface area (Å²) in [5.74, 6) is 0. The molecule has 0 amide bonds. The zero-order chi connectivity index (χ0) is 14.5. The number of thiazole rings is 1. The van der Waals surface area contributed by atoms with Crippen LogP contribution in [0.4, 0.5) is 0 Å². The van der Waals surface area contributed by atoms with Crippen molar-refractivity contribution in [3.63, 3.8) is 0 Å². The van der Waals surface area contributed by atoms with E-state index < -0.39 is 0 Å². The highest BCUT2D eigenvalue weighted by Crippen LogP contribution is 2.29. The molecule has 98 valence electrons. The average molecular weight is 280 g/mol. The third kappa shape index (κ3) is 3.09. The fourth-order valence-corrected chi connectivity index (χ4v) is 2.75. The Bertz CT molecular complexity index is 711. The van der Waals surface area contributed by atoms with E-state index in [9.17, 15) is 0 Å². The number of aliphatic imine (C=N–C) groups is 1. The summed E-state index contributed by atoms with van der Waals surface area (Å²) in [4.78, 5) is 9.53. The van der Waals surface area contributed by atoms with Gasteiger partial charge >= 0.3 is 0 Å². The first-order valence-corrected chi connectivity index (χ1v) is 6.83. The molecule has 0 atom stereocenters. The van der Waals surface area contributed by atoms with E-state index in [0.29, 0.717) is 6.54 Å². The molecule has 0 aliphatic rings. The number of nitrogens with zero attached hydrogens (tertiary/aromatic N) is 4. The Morgan fingerprint density at radius 2 is 1.85 bits per heavy atom. The molecule has 0 saturated heterocycles. The molecule has 5 heteroatoms. The summed E-state index contributed by atoms with van der Waals surface area (Å²) in [6, 6.07) is 11.5. The third-order valence-electron chi connectivity index (χ3n) is 2.75. The smallest absolute Gasteiger partial charge is 0.213 e. The van der Waals surface area contributed by atoms with Crippen LogP contribution in [0.5, 0.6) is 0 Å². The average Bonchev–Trinajstić information content (AvgIpc) is 2.79. The summed E-state index contributed by atoms with van der Waals surface area (Å²) >= 11 is 1.67. The maximum atomic E-state index is 8.62. The SMILES string of the molecule is Cc1nc(C)c(-c2ccc(CN=C(C#N)C#N)cc2)s1. The van der Waals surface area contributed by atoms with Gasteiger partial charge < -0.3 is 0 Å². The largest absolute Gasteiger partial charge is 0.260 e. The van der Waals surface area contributed by atoms with Crippen molar-refractivity contribution < 1.29 is 0 Å². The Morgan fingerprint density at radius 3 is 2.35 bits per heavy atom. The molecule has 0 unspecified atom stereocenters. The number of aryl methyl sites for hydroxylation is 2. The van der Waals surface area contributed by atoms with Gasteiger partial charge in [0.2, 0.25) is 5.71 Å². The van der Waals surface area contributed by atoms with Crippen molar-refractivity contribution in [3.05, 3.63) is 40.5 Å². The minimum atomic E-state index is -0.0944. The van der Waals surface area contributed by atoms with Crippen LogP contribution in [0, 0.1) is 36.5 Å². The van der Waals surface area contributed by atoms with E-state index in [1.165, 1.54) is 4.88 Å². The van der Waals surface area contributed by atoms with Gasteiger partial charge in [-0.2, -0.15) is 10.5 Å². The Balaban J connectivity index is 2.20. The topological polar surface area (TPSA) is 72.8 Å². The molecule has 0 N–H and O–H groups in total. The molecular weight excluding hydrogens is 268 g/mol. The van der Waals surface area contributed by atoms with Crippen LogP contribution in [-0.4, -0.2) is 10.7 Å². The van der Waals surface area contributed by atoms with Crippen LogP contribution in [-0.2, 0) is 6.54 Å².